The highest BCUT2D eigenvalue weighted by molar-refractivity contribution is 8.03. The molecule has 2 aromatic carbocycles. The molecule has 1 fully saturated rings. The second kappa shape index (κ2) is 6.81. The van der Waals surface area contributed by atoms with Gasteiger partial charge in [0.05, 0.1) is 0 Å². The Morgan fingerprint density at radius 1 is 0.800 bits per heavy atom. The molecule has 0 aromatic heterocycles. The van der Waals surface area contributed by atoms with Crippen molar-refractivity contribution >= 4 is 11.8 Å². The molecule has 102 valence electrons. The summed E-state index contributed by atoms with van der Waals surface area (Å²) in [6.07, 6.45) is 4.81. The van der Waals surface area contributed by atoms with Crippen molar-refractivity contribution in [2.24, 2.45) is 0 Å². The van der Waals surface area contributed by atoms with Crippen LogP contribution in [0.2, 0.25) is 0 Å². The Kier molecular flexibility index (Phi) is 4.60. The molecule has 0 amide bonds. The molecule has 1 aliphatic heterocycles. The fraction of sp³-hybridized carbons (Fsp3) is 0.263. The van der Waals surface area contributed by atoms with Gasteiger partial charge in [-0.2, -0.15) is 0 Å². The van der Waals surface area contributed by atoms with Gasteiger partial charge in [-0.25, -0.2) is 0 Å². The van der Waals surface area contributed by atoms with Gasteiger partial charge in [-0.3, -0.25) is 0 Å². The largest absolute Gasteiger partial charge is 0.131 e. The number of hydrogen-bond donors (Lipinski definition) is 0. The summed E-state index contributed by atoms with van der Waals surface area (Å²) >= 11 is 2.07. The molecular formula is C19H20S. The zero-order chi connectivity index (χ0) is 13.6. The number of benzene rings is 2. The molecule has 1 saturated heterocycles. The topological polar surface area (TPSA) is 0 Å². The van der Waals surface area contributed by atoms with Crippen molar-refractivity contribution in [2.45, 2.75) is 25.7 Å². The predicted molar refractivity (Wildman–Crippen MR) is 89.0 cm³/mol. The Morgan fingerprint density at radius 3 is 1.80 bits per heavy atom. The molecule has 0 N–H and O–H groups in total. The third-order valence-electron chi connectivity index (χ3n) is 3.74. The lowest BCUT2D eigenvalue weighted by atomic mass is 9.97. The van der Waals surface area contributed by atoms with Crippen molar-refractivity contribution < 1.29 is 0 Å². The standard InChI is InChI=1S/C19H20S/c1-3-8-16(9-4-1)14-18(19-12-7-13-20-19)15-17-10-5-2-6-11-17/h1-6,8-11H,7,12-15H2. The summed E-state index contributed by atoms with van der Waals surface area (Å²) < 4.78 is 0. The Morgan fingerprint density at radius 2 is 1.35 bits per heavy atom. The van der Waals surface area contributed by atoms with Gasteiger partial charge in [-0.15, -0.1) is 11.8 Å². The van der Waals surface area contributed by atoms with E-state index in [2.05, 4.69) is 72.4 Å². The van der Waals surface area contributed by atoms with Gasteiger partial charge >= 0.3 is 0 Å². The molecule has 3 rings (SSSR count). The maximum Gasteiger partial charge on any atom is -0.00199 e. The molecule has 0 unspecified atom stereocenters. The van der Waals surface area contributed by atoms with Crippen LogP contribution in [0.15, 0.2) is 71.1 Å². The smallest absolute Gasteiger partial charge is 0.00199 e. The molecule has 0 aliphatic carbocycles. The molecule has 1 heterocycles. The lowest BCUT2D eigenvalue weighted by Crippen LogP contribution is -1.98. The van der Waals surface area contributed by atoms with Crippen molar-refractivity contribution in [3.05, 3.63) is 82.3 Å². The molecule has 1 aliphatic rings. The van der Waals surface area contributed by atoms with Crippen LogP contribution in [0.5, 0.6) is 0 Å². The van der Waals surface area contributed by atoms with Crippen molar-refractivity contribution in [1.29, 1.82) is 0 Å². The maximum atomic E-state index is 2.24. The van der Waals surface area contributed by atoms with Crippen LogP contribution < -0.4 is 0 Å². The number of rotatable bonds is 4. The van der Waals surface area contributed by atoms with Crippen LogP contribution in [0.4, 0.5) is 0 Å². The summed E-state index contributed by atoms with van der Waals surface area (Å²) in [7, 11) is 0. The van der Waals surface area contributed by atoms with Gasteiger partial charge < -0.3 is 0 Å². The van der Waals surface area contributed by atoms with Crippen molar-refractivity contribution in [1.82, 2.24) is 0 Å². The Bertz CT molecular complexity index is 518. The fourth-order valence-corrected chi connectivity index (χ4v) is 3.90. The Labute approximate surface area is 125 Å². The van der Waals surface area contributed by atoms with E-state index in [9.17, 15) is 0 Å². The molecule has 0 nitrogen and oxygen atoms in total. The second-order valence-corrected chi connectivity index (χ2v) is 6.49. The molecule has 0 spiro atoms. The first-order chi connectivity index (χ1) is 9.92. The highest BCUT2D eigenvalue weighted by Crippen LogP contribution is 2.35. The molecule has 20 heavy (non-hydrogen) atoms. The van der Waals surface area contributed by atoms with E-state index in [0.29, 0.717) is 0 Å². The first-order valence-electron chi connectivity index (χ1n) is 7.33. The number of hydrogen-bond acceptors (Lipinski definition) is 1. The van der Waals surface area contributed by atoms with E-state index in [4.69, 9.17) is 0 Å². The SMILES string of the molecule is c1ccc(CC(Cc2ccccc2)=C2CCCS2)cc1. The van der Waals surface area contributed by atoms with Crippen LogP contribution in [0.3, 0.4) is 0 Å². The average molecular weight is 280 g/mol. The molecule has 0 atom stereocenters. The van der Waals surface area contributed by atoms with Crippen LogP contribution in [0, 0.1) is 0 Å². The normalized spacial score (nSPS) is 14.5. The second-order valence-electron chi connectivity index (χ2n) is 5.30. The van der Waals surface area contributed by atoms with E-state index in [1.54, 1.807) is 10.5 Å². The van der Waals surface area contributed by atoms with Gasteiger partial charge in [0.1, 0.15) is 0 Å². The first-order valence-corrected chi connectivity index (χ1v) is 8.32. The Balaban J connectivity index is 1.83. The van der Waals surface area contributed by atoms with Crippen LogP contribution in [0.1, 0.15) is 24.0 Å². The lowest BCUT2D eigenvalue weighted by molar-refractivity contribution is 0.943. The summed E-state index contributed by atoms with van der Waals surface area (Å²) in [5.74, 6) is 1.29. The van der Waals surface area contributed by atoms with Crippen molar-refractivity contribution in [3.63, 3.8) is 0 Å². The van der Waals surface area contributed by atoms with Gasteiger partial charge in [-0.1, -0.05) is 66.2 Å². The van der Waals surface area contributed by atoms with Gasteiger partial charge in [0, 0.05) is 0 Å². The summed E-state index contributed by atoms with van der Waals surface area (Å²) in [4.78, 5) is 1.64. The van der Waals surface area contributed by atoms with E-state index < -0.39 is 0 Å². The van der Waals surface area contributed by atoms with Gasteiger partial charge in [0.15, 0.2) is 0 Å². The number of allylic oxidation sites excluding steroid dienone is 2. The molecular weight excluding hydrogens is 260 g/mol. The van der Waals surface area contributed by atoms with E-state index in [0.717, 1.165) is 12.8 Å². The maximum absolute atomic E-state index is 2.24. The molecule has 2 aromatic rings. The monoisotopic (exact) mass is 280 g/mol. The van der Waals surface area contributed by atoms with E-state index in [1.807, 2.05) is 0 Å². The van der Waals surface area contributed by atoms with Crippen LogP contribution in [-0.4, -0.2) is 5.75 Å². The minimum atomic E-state index is 1.10. The van der Waals surface area contributed by atoms with E-state index in [-0.39, 0.29) is 0 Å². The summed E-state index contributed by atoms with van der Waals surface area (Å²) in [6, 6.07) is 21.7. The molecule has 0 radical (unpaired) electrons. The highest BCUT2D eigenvalue weighted by Gasteiger charge is 2.14. The summed E-state index contributed by atoms with van der Waals surface area (Å²) in [6.45, 7) is 0. The summed E-state index contributed by atoms with van der Waals surface area (Å²) in [5.41, 5.74) is 4.47. The third-order valence-corrected chi connectivity index (χ3v) is 5.07. The van der Waals surface area contributed by atoms with Crippen molar-refractivity contribution in [3.8, 4) is 0 Å². The van der Waals surface area contributed by atoms with E-state index >= 15 is 0 Å². The molecule has 1 heteroatoms. The Hall–Kier alpha value is -1.47. The summed E-state index contributed by atoms with van der Waals surface area (Å²) in [5, 5.41) is 0. The van der Waals surface area contributed by atoms with Crippen molar-refractivity contribution in [2.75, 3.05) is 5.75 Å². The average Bonchev–Trinajstić information content (AvgIpc) is 3.03. The van der Waals surface area contributed by atoms with Crippen LogP contribution in [0.25, 0.3) is 0 Å². The minimum Gasteiger partial charge on any atom is -0.131 e. The van der Waals surface area contributed by atoms with Gasteiger partial charge in [0.2, 0.25) is 0 Å². The predicted octanol–water partition coefficient (Wildman–Crippen LogP) is 5.25. The highest BCUT2D eigenvalue weighted by atomic mass is 32.2. The zero-order valence-electron chi connectivity index (χ0n) is 11.7. The third kappa shape index (κ3) is 3.55. The number of thioether (sulfide) groups is 1. The van der Waals surface area contributed by atoms with Gasteiger partial charge in [0.25, 0.3) is 0 Å². The van der Waals surface area contributed by atoms with Crippen LogP contribution >= 0.6 is 11.8 Å². The molecule has 0 saturated carbocycles. The lowest BCUT2D eigenvalue weighted by Gasteiger charge is -2.12. The zero-order valence-corrected chi connectivity index (χ0v) is 12.5. The van der Waals surface area contributed by atoms with Crippen LogP contribution in [-0.2, 0) is 12.8 Å². The van der Waals surface area contributed by atoms with Gasteiger partial charge in [-0.05, 0) is 47.5 Å². The quantitative estimate of drug-likeness (QED) is 0.737. The molecule has 0 bridgehead atoms. The minimum absolute atomic E-state index is 1.10. The van der Waals surface area contributed by atoms with E-state index in [1.165, 1.54) is 29.7 Å². The first kappa shape index (κ1) is 13.5. The fourth-order valence-electron chi connectivity index (χ4n) is 2.72.